The largest absolute Gasteiger partial charge is 0.445 e. The third-order valence-corrected chi connectivity index (χ3v) is 3.42. The summed E-state index contributed by atoms with van der Waals surface area (Å²) >= 11 is 6.28. The van der Waals surface area contributed by atoms with Crippen molar-refractivity contribution in [1.82, 2.24) is 4.90 Å². The van der Waals surface area contributed by atoms with Crippen LogP contribution in [-0.2, 0) is 11.3 Å². The Labute approximate surface area is 113 Å². The Morgan fingerprint density at radius 1 is 1.44 bits per heavy atom. The molecule has 98 valence electrons. The normalized spacial score (nSPS) is 23.8. The molecule has 0 aliphatic carbocycles. The van der Waals surface area contributed by atoms with Crippen molar-refractivity contribution in [2.24, 2.45) is 0 Å². The van der Waals surface area contributed by atoms with E-state index in [1.165, 1.54) is 0 Å². The number of benzene rings is 1. The van der Waals surface area contributed by atoms with E-state index in [0.29, 0.717) is 13.2 Å². The molecular formula is C14H18ClNO2. The Kier molecular flexibility index (Phi) is 4.12. The van der Waals surface area contributed by atoms with E-state index in [-0.39, 0.29) is 11.0 Å². The molecular weight excluding hydrogens is 250 g/mol. The van der Waals surface area contributed by atoms with E-state index in [9.17, 15) is 4.79 Å². The molecule has 0 N–H and O–H groups in total. The minimum atomic E-state index is -0.315. The number of alkyl halides is 1. The maximum atomic E-state index is 11.9. The van der Waals surface area contributed by atoms with Crippen LogP contribution in [0.1, 0.15) is 25.3 Å². The lowest BCUT2D eigenvalue weighted by Gasteiger charge is -2.35. The number of likely N-dealkylation sites (tertiary alicyclic amines) is 1. The van der Waals surface area contributed by atoms with E-state index >= 15 is 0 Å². The zero-order valence-corrected chi connectivity index (χ0v) is 11.3. The molecule has 1 aromatic carbocycles. The molecule has 4 heteroatoms. The summed E-state index contributed by atoms with van der Waals surface area (Å²) in [6, 6.07) is 9.68. The Hall–Kier alpha value is -1.22. The van der Waals surface area contributed by atoms with Crippen molar-refractivity contribution < 1.29 is 9.53 Å². The second-order valence-electron chi connectivity index (χ2n) is 4.98. The predicted molar refractivity (Wildman–Crippen MR) is 71.7 cm³/mol. The monoisotopic (exact) mass is 267 g/mol. The SMILES string of the molecule is CC1(Cl)CCCN(C(=O)OCc2ccccc2)C1. The smallest absolute Gasteiger partial charge is 0.410 e. The van der Waals surface area contributed by atoms with Gasteiger partial charge in [-0.05, 0) is 25.3 Å². The summed E-state index contributed by atoms with van der Waals surface area (Å²) in [6.45, 7) is 3.57. The van der Waals surface area contributed by atoms with E-state index in [0.717, 1.165) is 24.9 Å². The van der Waals surface area contributed by atoms with Crippen molar-refractivity contribution >= 4 is 17.7 Å². The summed E-state index contributed by atoms with van der Waals surface area (Å²) in [5.74, 6) is 0. The Morgan fingerprint density at radius 2 is 2.17 bits per heavy atom. The van der Waals surface area contributed by atoms with Crippen molar-refractivity contribution in [1.29, 1.82) is 0 Å². The van der Waals surface area contributed by atoms with E-state index in [2.05, 4.69) is 0 Å². The molecule has 0 radical (unpaired) electrons. The molecule has 1 aromatic rings. The molecule has 2 rings (SSSR count). The maximum Gasteiger partial charge on any atom is 0.410 e. The van der Waals surface area contributed by atoms with Crippen molar-refractivity contribution in [3.05, 3.63) is 35.9 Å². The van der Waals surface area contributed by atoms with Crippen LogP contribution in [0.2, 0.25) is 0 Å². The lowest BCUT2D eigenvalue weighted by atomic mass is 10.00. The van der Waals surface area contributed by atoms with Crippen LogP contribution in [0, 0.1) is 0 Å². The molecule has 1 saturated heterocycles. The fraction of sp³-hybridized carbons (Fsp3) is 0.500. The number of ether oxygens (including phenoxy) is 1. The first kappa shape index (κ1) is 13.2. The molecule has 1 unspecified atom stereocenters. The van der Waals surface area contributed by atoms with Crippen molar-refractivity contribution in [3.8, 4) is 0 Å². The van der Waals surface area contributed by atoms with Gasteiger partial charge in [-0.1, -0.05) is 30.3 Å². The van der Waals surface area contributed by atoms with E-state index in [1.807, 2.05) is 37.3 Å². The molecule has 3 nitrogen and oxygen atoms in total. The van der Waals surface area contributed by atoms with Gasteiger partial charge in [0.2, 0.25) is 0 Å². The summed E-state index contributed by atoms with van der Waals surface area (Å²) in [7, 11) is 0. The summed E-state index contributed by atoms with van der Waals surface area (Å²) in [5, 5.41) is 0. The van der Waals surface area contributed by atoms with Gasteiger partial charge in [0.15, 0.2) is 0 Å². The second kappa shape index (κ2) is 5.61. The predicted octanol–water partition coefficient (Wildman–Crippen LogP) is 3.42. The first-order chi connectivity index (χ1) is 8.57. The number of amides is 1. The standard InChI is InChI=1S/C14H18ClNO2/c1-14(15)8-5-9-16(11-14)13(17)18-10-12-6-3-2-4-7-12/h2-4,6-7H,5,8-11H2,1H3. The summed E-state index contributed by atoms with van der Waals surface area (Å²) in [6.07, 6.45) is 1.60. The zero-order chi connectivity index (χ0) is 13.0. The number of carbonyl (C=O) groups is 1. The first-order valence-electron chi connectivity index (χ1n) is 6.21. The highest BCUT2D eigenvalue weighted by molar-refractivity contribution is 6.24. The average Bonchev–Trinajstić information content (AvgIpc) is 2.36. The van der Waals surface area contributed by atoms with Gasteiger partial charge in [-0.3, -0.25) is 0 Å². The van der Waals surface area contributed by atoms with Gasteiger partial charge >= 0.3 is 6.09 Å². The average molecular weight is 268 g/mol. The van der Waals surface area contributed by atoms with Gasteiger partial charge in [0.1, 0.15) is 6.61 Å². The number of hydrogen-bond donors (Lipinski definition) is 0. The van der Waals surface area contributed by atoms with Crippen LogP contribution < -0.4 is 0 Å². The van der Waals surface area contributed by atoms with Crippen molar-refractivity contribution in [3.63, 3.8) is 0 Å². The number of carbonyl (C=O) groups excluding carboxylic acids is 1. The molecule has 0 saturated carbocycles. The lowest BCUT2D eigenvalue weighted by Crippen LogP contribution is -2.45. The van der Waals surface area contributed by atoms with Crippen LogP contribution in [0.5, 0.6) is 0 Å². The van der Waals surface area contributed by atoms with Gasteiger partial charge in [-0.15, -0.1) is 11.6 Å². The van der Waals surface area contributed by atoms with Crippen molar-refractivity contribution in [2.75, 3.05) is 13.1 Å². The molecule has 0 bridgehead atoms. The third kappa shape index (κ3) is 3.64. The summed E-state index contributed by atoms with van der Waals surface area (Å²) in [5.41, 5.74) is 0.997. The lowest BCUT2D eigenvalue weighted by molar-refractivity contribution is 0.0839. The number of nitrogens with zero attached hydrogens (tertiary/aromatic N) is 1. The number of hydrogen-bond acceptors (Lipinski definition) is 2. The van der Waals surface area contributed by atoms with Gasteiger partial charge < -0.3 is 9.64 Å². The van der Waals surface area contributed by atoms with Crippen LogP contribution in [0.25, 0.3) is 0 Å². The highest BCUT2D eigenvalue weighted by Gasteiger charge is 2.31. The van der Waals surface area contributed by atoms with Gasteiger partial charge in [-0.25, -0.2) is 4.79 Å². The van der Waals surface area contributed by atoms with Gasteiger partial charge in [0.25, 0.3) is 0 Å². The highest BCUT2D eigenvalue weighted by atomic mass is 35.5. The maximum absolute atomic E-state index is 11.9. The molecule has 1 aliphatic heterocycles. The molecule has 0 aromatic heterocycles. The molecule has 1 atom stereocenters. The summed E-state index contributed by atoms with van der Waals surface area (Å²) < 4.78 is 5.29. The minimum Gasteiger partial charge on any atom is -0.445 e. The van der Waals surface area contributed by atoms with Crippen LogP contribution in [0.3, 0.4) is 0 Å². The van der Waals surface area contributed by atoms with Gasteiger partial charge in [0.05, 0.1) is 4.87 Å². The number of piperidine rings is 1. The van der Waals surface area contributed by atoms with Crippen LogP contribution in [0.15, 0.2) is 30.3 Å². The fourth-order valence-corrected chi connectivity index (χ4v) is 2.44. The Balaban J connectivity index is 1.85. The fourth-order valence-electron chi connectivity index (χ4n) is 2.16. The number of rotatable bonds is 2. The van der Waals surface area contributed by atoms with Crippen LogP contribution in [-0.4, -0.2) is 29.0 Å². The Morgan fingerprint density at radius 3 is 2.83 bits per heavy atom. The molecule has 1 fully saturated rings. The molecule has 1 aliphatic rings. The second-order valence-corrected chi connectivity index (χ2v) is 5.89. The number of halogens is 1. The molecule has 1 heterocycles. The van der Waals surface area contributed by atoms with E-state index in [1.54, 1.807) is 4.90 Å². The third-order valence-electron chi connectivity index (χ3n) is 3.11. The summed E-state index contributed by atoms with van der Waals surface area (Å²) in [4.78, 5) is 13.3. The first-order valence-corrected chi connectivity index (χ1v) is 6.59. The molecule has 1 amide bonds. The minimum absolute atomic E-state index is 0.273. The highest BCUT2D eigenvalue weighted by Crippen LogP contribution is 2.27. The molecule has 18 heavy (non-hydrogen) atoms. The van der Waals surface area contributed by atoms with Crippen LogP contribution in [0.4, 0.5) is 4.79 Å². The molecule has 0 spiro atoms. The quantitative estimate of drug-likeness (QED) is 0.769. The van der Waals surface area contributed by atoms with E-state index in [4.69, 9.17) is 16.3 Å². The Bertz CT molecular complexity index is 406. The van der Waals surface area contributed by atoms with E-state index < -0.39 is 0 Å². The van der Waals surface area contributed by atoms with Crippen LogP contribution >= 0.6 is 11.6 Å². The van der Waals surface area contributed by atoms with Gasteiger partial charge in [0, 0.05) is 13.1 Å². The van der Waals surface area contributed by atoms with Gasteiger partial charge in [-0.2, -0.15) is 0 Å². The topological polar surface area (TPSA) is 29.5 Å². The zero-order valence-electron chi connectivity index (χ0n) is 10.6. The van der Waals surface area contributed by atoms with Crippen molar-refractivity contribution in [2.45, 2.75) is 31.2 Å².